The highest BCUT2D eigenvalue weighted by atomic mass is 32.1. The van der Waals surface area contributed by atoms with Crippen molar-refractivity contribution in [1.29, 1.82) is 0 Å². The van der Waals surface area contributed by atoms with E-state index in [2.05, 4.69) is 15.3 Å². The number of aryl methyl sites for hydroxylation is 1. The van der Waals surface area contributed by atoms with E-state index in [-0.39, 0.29) is 18.4 Å². The standard InChI is InChI=1S/C13H17N3O2S/c1-8-12(18)11(10(7-17)5-15-8)6-16-9(2)13-14-3-4-19-13/h3-5,9,16-18H,6-7H2,1-2H3. The van der Waals surface area contributed by atoms with Crippen molar-refractivity contribution in [3.63, 3.8) is 0 Å². The maximum absolute atomic E-state index is 10.0. The maximum Gasteiger partial charge on any atom is 0.141 e. The van der Waals surface area contributed by atoms with Gasteiger partial charge in [-0.1, -0.05) is 0 Å². The van der Waals surface area contributed by atoms with Gasteiger partial charge in [0.1, 0.15) is 10.8 Å². The van der Waals surface area contributed by atoms with Gasteiger partial charge in [0.05, 0.1) is 18.3 Å². The van der Waals surface area contributed by atoms with Gasteiger partial charge in [-0.25, -0.2) is 4.98 Å². The third-order valence-electron chi connectivity index (χ3n) is 3.01. The highest BCUT2D eigenvalue weighted by Gasteiger charge is 2.13. The lowest BCUT2D eigenvalue weighted by Gasteiger charge is -2.15. The number of rotatable bonds is 5. The third-order valence-corrected chi connectivity index (χ3v) is 3.97. The number of hydrogen-bond acceptors (Lipinski definition) is 6. The van der Waals surface area contributed by atoms with Gasteiger partial charge in [0.25, 0.3) is 0 Å². The minimum absolute atomic E-state index is 0.0967. The lowest BCUT2D eigenvalue weighted by atomic mass is 10.1. The van der Waals surface area contributed by atoms with Crippen molar-refractivity contribution >= 4 is 11.3 Å². The third kappa shape index (κ3) is 3.09. The van der Waals surface area contributed by atoms with Gasteiger partial charge in [-0.2, -0.15) is 0 Å². The van der Waals surface area contributed by atoms with Crippen LogP contribution in [0, 0.1) is 6.92 Å². The van der Waals surface area contributed by atoms with Gasteiger partial charge in [0.2, 0.25) is 0 Å². The molecule has 5 nitrogen and oxygen atoms in total. The zero-order valence-electron chi connectivity index (χ0n) is 10.9. The summed E-state index contributed by atoms with van der Waals surface area (Å²) in [5.41, 5.74) is 1.90. The van der Waals surface area contributed by atoms with Crippen LogP contribution in [0.5, 0.6) is 5.75 Å². The summed E-state index contributed by atoms with van der Waals surface area (Å²) in [4.78, 5) is 8.28. The van der Waals surface area contributed by atoms with Gasteiger partial charge in [-0.05, 0) is 13.8 Å². The van der Waals surface area contributed by atoms with Crippen molar-refractivity contribution in [3.05, 3.63) is 39.6 Å². The van der Waals surface area contributed by atoms with E-state index in [0.717, 1.165) is 5.01 Å². The second-order valence-electron chi connectivity index (χ2n) is 4.33. The Bertz CT molecular complexity index is 543. The number of aromatic nitrogens is 2. The first-order valence-electron chi connectivity index (χ1n) is 6.03. The molecule has 0 amide bonds. The van der Waals surface area contributed by atoms with E-state index in [4.69, 9.17) is 0 Å². The minimum Gasteiger partial charge on any atom is -0.506 e. The highest BCUT2D eigenvalue weighted by molar-refractivity contribution is 7.09. The van der Waals surface area contributed by atoms with Gasteiger partial charge >= 0.3 is 0 Å². The van der Waals surface area contributed by atoms with Crippen molar-refractivity contribution in [2.45, 2.75) is 33.0 Å². The molecule has 0 aromatic carbocycles. The molecular weight excluding hydrogens is 262 g/mol. The van der Waals surface area contributed by atoms with E-state index in [0.29, 0.717) is 23.4 Å². The van der Waals surface area contributed by atoms with Gasteiger partial charge in [-0.3, -0.25) is 4.98 Å². The van der Waals surface area contributed by atoms with E-state index in [1.807, 2.05) is 12.3 Å². The number of hydrogen-bond donors (Lipinski definition) is 3. The zero-order valence-corrected chi connectivity index (χ0v) is 11.7. The van der Waals surface area contributed by atoms with Crippen LogP contribution in [0.15, 0.2) is 17.8 Å². The van der Waals surface area contributed by atoms with Crippen molar-refractivity contribution in [2.75, 3.05) is 0 Å². The lowest BCUT2D eigenvalue weighted by molar-refractivity contribution is 0.278. The van der Waals surface area contributed by atoms with Crippen molar-refractivity contribution in [1.82, 2.24) is 15.3 Å². The Morgan fingerprint density at radius 1 is 1.42 bits per heavy atom. The molecule has 2 heterocycles. The van der Waals surface area contributed by atoms with E-state index >= 15 is 0 Å². The fourth-order valence-corrected chi connectivity index (χ4v) is 2.48. The van der Waals surface area contributed by atoms with Crippen LogP contribution in [-0.4, -0.2) is 20.2 Å². The number of thiazole rings is 1. The Hall–Kier alpha value is -1.50. The first kappa shape index (κ1) is 13.9. The molecular formula is C13H17N3O2S. The van der Waals surface area contributed by atoms with Crippen LogP contribution in [0.3, 0.4) is 0 Å². The molecule has 0 saturated heterocycles. The molecule has 0 bridgehead atoms. The first-order valence-corrected chi connectivity index (χ1v) is 6.91. The summed E-state index contributed by atoms with van der Waals surface area (Å²) < 4.78 is 0. The molecule has 0 aliphatic carbocycles. The average molecular weight is 279 g/mol. The Morgan fingerprint density at radius 3 is 2.84 bits per heavy atom. The summed E-state index contributed by atoms with van der Waals surface area (Å²) in [6.07, 6.45) is 3.37. The topological polar surface area (TPSA) is 78.3 Å². The predicted molar refractivity (Wildman–Crippen MR) is 73.9 cm³/mol. The van der Waals surface area contributed by atoms with Gasteiger partial charge in [0, 0.05) is 35.4 Å². The molecule has 3 N–H and O–H groups in total. The Balaban J connectivity index is 2.13. The summed E-state index contributed by atoms with van der Waals surface area (Å²) in [5, 5.41) is 25.5. The number of nitrogens with one attached hydrogen (secondary N) is 1. The van der Waals surface area contributed by atoms with Crippen LogP contribution in [0.25, 0.3) is 0 Å². The molecule has 0 aliphatic heterocycles. The molecule has 0 saturated carbocycles. The smallest absolute Gasteiger partial charge is 0.141 e. The van der Waals surface area contributed by atoms with Crippen molar-refractivity contribution < 1.29 is 10.2 Å². The summed E-state index contributed by atoms with van der Waals surface area (Å²) in [5.74, 6) is 0.144. The fourth-order valence-electron chi connectivity index (χ4n) is 1.81. The molecule has 1 atom stereocenters. The second kappa shape index (κ2) is 6.10. The summed E-state index contributed by atoms with van der Waals surface area (Å²) in [6, 6.07) is 0.0967. The van der Waals surface area contributed by atoms with Crippen LogP contribution >= 0.6 is 11.3 Å². The average Bonchev–Trinajstić information content (AvgIpc) is 2.94. The molecule has 0 spiro atoms. The molecule has 102 valence electrons. The van der Waals surface area contributed by atoms with Crippen LogP contribution < -0.4 is 5.32 Å². The van der Waals surface area contributed by atoms with Crippen LogP contribution in [0.1, 0.15) is 34.8 Å². The number of nitrogens with zero attached hydrogens (tertiary/aromatic N) is 2. The Kier molecular flexibility index (Phi) is 4.47. The van der Waals surface area contributed by atoms with Crippen molar-refractivity contribution in [3.8, 4) is 5.75 Å². The van der Waals surface area contributed by atoms with E-state index in [1.165, 1.54) is 0 Å². The molecule has 0 aliphatic rings. The largest absolute Gasteiger partial charge is 0.506 e. The fraction of sp³-hybridized carbons (Fsp3) is 0.385. The van der Waals surface area contributed by atoms with Crippen LogP contribution in [-0.2, 0) is 13.2 Å². The second-order valence-corrected chi connectivity index (χ2v) is 5.25. The van der Waals surface area contributed by atoms with E-state index in [9.17, 15) is 10.2 Å². The van der Waals surface area contributed by atoms with Gasteiger partial charge in [0.15, 0.2) is 0 Å². The highest BCUT2D eigenvalue weighted by Crippen LogP contribution is 2.25. The molecule has 6 heteroatoms. The number of aliphatic hydroxyl groups excluding tert-OH is 1. The predicted octanol–water partition coefficient (Wildman–Crippen LogP) is 1.90. The van der Waals surface area contributed by atoms with E-state index in [1.54, 1.807) is 30.7 Å². The molecule has 2 aromatic rings. The SMILES string of the molecule is Cc1ncc(CO)c(CNC(C)c2nccs2)c1O. The molecule has 2 aromatic heterocycles. The summed E-state index contributed by atoms with van der Waals surface area (Å²) in [7, 11) is 0. The molecule has 2 rings (SSSR count). The number of pyridine rings is 1. The van der Waals surface area contributed by atoms with Gasteiger partial charge < -0.3 is 15.5 Å². The van der Waals surface area contributed by atoms with Crippen LogP contribution in [0.2, 0.25) is 0 Å². The van der Waals surface area contributed by atoms with Gasteiger partial charge in [-0.15, -0.1) is 11.3 Å². The molecule has 0 fully saturated rings. The summed E-state index contributed by atoms with van der Waals surface area (Å²) >= 11 is 1.59. The molecule has 0 radical (unpaired) electrons. The first-order chi connectivity index (χ1) is 9.13. The molecule has 19 heavy (non-hydrogen) atoms. The Morgan fingerprint density at radius 2 is 2.21 bits per heavy atom. The number of aliphatic hydroxyl groups is 1. The lowest BCUT2D eigenvalue weighted by Crippen LogP contribution is -2.19. The monoisotopic (exact) mass is 279 g/mol. The zero-order chi connectivity index (χ0) is 13.8. The minimum atomic E-state index is -0.135. The maximum atomic E-state index is 10.0. The van der Waals surface area contributed by atoms with E-state index < -0.39 is 0 Å². The quantitative estimate of drug-likeness (QED) is 0.779. The van der Waals surface area contributed by atoms with Crippen molar-refractivity contribution in [2.24, 2.45) is 0 Å². The number of aromatic hydroxyl groups is 1. The molecule has 1 unspecified atom stereocenters. The van der Waals surface area contributed by atoms with Crippen LogP contribution in [0.4, 0.5) is 0 Å². The summed E-state index contributed by atoms with van der Waals surface area (Å²) in [6.45, 7) is 4.09. The Labute approximate surface area is 116 Å². The normalized spacial score (nSPS) is 12.6.